The van der Waals surface area contributed by atoms with Gasteiger partial charge in [0.05, 0.1) is 11.7 Å². The number of hydrogen-bond donors (Lipinski definition) is 0. The first-order valence-corrected chi connectivity index (χ1v) is 6.26. The maximum atomic E-state index is 14.0. The van der Waals surface area contributed by atoms with Crippen LogP contribution in [0.5, 0.6) is 0 Å². The fourth-order valence-electron chi connectivity index (χ4n) is 2.11. The van der Waals surface area contributed by atoms with Gasteiger partial charge in [0.2, 0.25) is 0 Å². The summed E-state index contributed by atoms with van der Waals surface area (Å²) in [5, 5.41) is 0. The minimum absolute atomic E-state index is 0.276. The molecule has 0 bridgehead atoms. The lowest BCUT2D eigenvalue weighted by atomic mass is 10.1. The first-order valence-electron chi connectivity index (χ1n) is 6.26. The molecule has 0 saturated heterocycles. The number of aldehydes is 1. The Hall–Kier alpha value is -2.23. The Kier molecular flexibility index (Phi) is 4.13. The molecule has 4 heteroatoms. The molecular formula is C16H15F2NO. The van der Waals surface area contributed by atoms with Crippen molar-refractivity contribution in [2.75, 3.05) is 11.9 Å². The Labute approximate surface area is 116 Å². The molecule has 0 heterocycles. The third-order valence-corrected chi connectivity index (χ3v) is 3.42. The minimum Gasteiger partial charge on any atom is -0.365 e. The smallest absolute Gasteiger partial charge is 0.150 e. The molecule has 0 aliphatic heterocycles. The van der Waals surface area contributed by atoms with E-state index in [0.717, 1.165) is 0 Å². The zero-order chi connectivity index (χ0) is 14.7. The van der Waals surface area contributed by atoms with Crippen LogP contribution in [0.1, 0.15) is 28.9 Å². The molecule has 0 radical (unpaired) electrons. The second-order valence-corrected chi connectivity index (χ2v) is 4.64. The summed E-state index contributed by atoms with van der Waals surface area (Å²) in [7, 11) is 1.69. The van der Waals surface area contributed by atoms with Crippen LogP contribution < -0.4 is 4.90 Å². The predicted octanol–water partition coefficient (Wildman–Crippen LogP) is 3.97. The Balaban J connectivity index is 2.34. The number of nitrogens with zero attached hydrogens (tertiary/aromatic N) is 1. The van der Waals surface area contributed by atoms with Crippen LogP contribution >= 0.6 is 0 Å². The first kappa shape index (κ1) is 14.2. The third kappa shape index (κ3) is 2.69. The van der Waals surface area contributed by atoms with Crippen molar-refractivity contribution in [1.29, 1.82) is 0 Å². The second kappa shape index (κ2) is 5.82. The van der Waals surface area contributed by atoms with Crippen molar-refractivity contribution in [2.24, 2.45) is 0 Å². The van der Waals surface area contributed by atoms with Crippen LogP contribution in [0, 0.1) is 11.6 Å². The standard InChI is InChI=1S/C16H15F2NO/c1-11(13-5-3-4-6-14(13)17)19(2)16-8-7-12(10-20)9-15(16)18/h3-11H,1-2H3. The van der Waals surface area contributed by atoms with Crippen LogP contribution in [-0.4, -0.2) is 13.3 Å². The summed E-state index contributed by atoms with van der Waals surface area (Å²) in [6.45, 7) is 1.80. The molecule has 2 nitrogen and oxygen atoms in total. The molecule has 0 aliphatic carbocycles. The highest BCUT2D eigenvalue weighted by Crippen LogP contribution is 2.29. The average molecular weight is 275 g/mol. The van der Waals surface area contributed by atoms with Gasteiger partial charge in [-0.3, -0.25) is 4.79 Å². The Morgan fingerprint density at radius 1 is 1.10 bits per heavy atom. The van der Waals surface area contributed by atoms with Gasteiger partial charge in [0.15, 0.2) is 0 Å². The summed E-state index contributed by atoms with van der Waals surface area (Å²) in [6, 6.07) is 10.3. The molecule has 0 amide bonds. The molecule has 2 aromatic carbocycles. The Morgan fingerprint density at radius 3 is 2.40 bits per heavy atom. The molecule has 2 rings (SSSR count). The SMILES string of the molecule is CC(c1ccccc1F)N(C)c1ccc(C=O)cc1F. The van der Waals surface area contributed by atoms with Crippen LogP contribution in [0.25, 0.3) is 0 Å². The van der Waals surface area contributed by atoms with Crippen LogP contribution in [0.3, 0.4) is 0 Å². The van der Waals surface area contributed by atoms with E-state index in [2.05, 4.69) is 0 Å². The molecule has 2 aromatic rings. The van der Waals surface area contributed by atoms with E-state index in [1.165, 1.54) is 24.3 Å². The number of halogens is 2. The maximum absolute atomic E-state index is 14.0. The highest BCUT2D eigenvalue weighted by molar-refractivity contribution is 5.76. The predicted molar refractivity (Wildman–Crippen MR) is 75.0 cm³/mol. The van der Waals surface area contributed by atoms with E-state index in [1.807, 2.05) is 0 Å². The van der Waals surface area contributed by atoms with Gasteiger partial charge < -0.3 is 4.90 Å². The lowest BCUT2D eigenvalue weighted by molar-refractivity contribution is 0.112. The van der Waals surface area contributed by atoms with Crippen LogP contribution in [0.2, 0.25) is 0 Å². The van der Waals surface area contributed by atoms with Crippen LogP contribution in [0.4, 0.5) is 14.5 Å². The molecule has 0 saturated carbocycles. The zero-order valence-electron chi connectivity index (χ0n) is 11.3. The number of rotatable bonds is 4. The molecule has 0 aromatic heterocycles. The van der Waals surface area contributed by atoms with Gasteiger partial charge in [-0.1, -0.05) is 18.2 Å². The zero-order valence-corrected chi connectivity index (χ0v) is 11.3. The second-order valence-electron chi connectivity index (χ2n) is 4.64. The summed E-state index contributed by atoms with van der Waals surface area (Å²) in [5.41, 5.74) is 1.10. The molecule has 20 heavy (non-hydrogen) atoms. The Morgan fingerprint density at radius 2 is 1.80 bits per heavy atom. The van der Waals surface area contributed by atoms with Crippen molar-refractivity contribution >= 4 is 12.0 Å². The van der Waals surface area contributed by atoms with E-state index >= 15 is 0 Å². The summed E-state index contributed by atoms with van der Waals surface area (Å²) < 4.78 is 27.7. The molecule has 0 aliphatic rings. The lowest BCUT2D eigenvalue weighted by Crippen LogP contribution is -2.23. The van der Waals surface area contributed by atoms with Crippen molar-refractivity contribution in [2.45, 2.75) is 13.0 Å². The summed E-state index contributed by atoms with van der Waals surface area (Å²) >= 11 is 0. The number of anilines is 1. The van der Waals surface area contributed by atoms with Crippen molar-refractivity contribution < 1.29 is 13.6 Å². The summed E-state index contributed by atoms with van der Waals surface area (Å²) in [5.74, 6) is -0.822. The van der Waals surface area contributed by atoms with E-state index in [1.54, 1.807) is 37.1 Å². The molecular weight excluding hydrogens is 260 g/mol. The fraction of sp³-hybridized carbons (Fsp3) is 0.188. The van der Waals surface area contributed by atoms with E-state index in [9.17, 15) is 13.6 Å². The van der Waals surface area contributed by atoms with Gasteiger partial charge in [-0.05, 0) is 31.2 Å². The highest BCUT2D eigenvalue weighted by Gasteiger charge is 2.18. The Bertz CT molecular complexity index is 628. The number of benzene rings is 2. The van der Waals surface area contributed by atoms with Crippen molar-refractivity contribution in [1.82, 2.24) is 0 Å². The molecule has 0 fully saturated rings. The van der Waals surface area contributed by atoms with Crippen LogP contribution in [-0.2, 0) is 0 Å². The molecule has 0 spiro atoms. The normalized spacial score (nSPS) is 12.0. The minimum atomic E-state index is -0.500. The van der Waals surface area contributed by atoms with Crippen molar-refractivity contribution in [3.63, 3.8) is 0 Å². The topological polar surface area (TPSA) is 20.3 Å². The molecule has 0 N–H and O–H groups in total. The van der Waals surface area contributed by atoms with Gasteiger partial charge >= 0.3 is 0 Å². The van der Waals surface area contributed by atoms with Gasteiger partial charge in [-0.25, -0.2) is 8.78 Å². The molecule has 104 valence electrons. The van der Waals surface area contributed by atoms with Crippen LogP contribution in [0.15, 0.2) is 42.5 Å². The van der Waals surface area contributed by atoms with Gasteiger partial charge in [-0.2, -0.15) is 0 Å². The maximum Gasteiger partial charge on any atom is 0.150 e. The molecule has 1 unspecified atom stereocenters. The fourth-order valence-corrected chi connectivity index (χ4v) is 2.11. The van der Waals surface area contributed by atoms with Crippen molar-refractivity contribution in [3.8, 4) is 0 Å². The number of carbonyl (C=O) groups is 1. The number of hydrogen-bond acceptors (Lipinski definition) is 2. The average Bonchev–Trinajstić information content (AvgIpc) is 2.46. The van der Waals surface area contributed by atoms with E-state index in [-0.39, 0.29) is 17.4 Å². The van der Waals surface area contributed by atoms with E-state index in [0.29, 0.717) is 17.5 Å². The van der Waals surface area contributed by atoms with Crippen molar-refractivity contribution in [3.05, 3.63) is 65.2 Å². The third-order valence-electron chi connectivity index (χ3n) is 3.42. The molecule has 1 atom stereocenters. The first-order chi connectivity index (χ1) is 9.54. The lowest BCUT2D eigenvalue weighted by Gasteiger charge is -2.28. The van der Waals surface area contributed by atoms with Gasteiger partial charge in [0.1, 0.15) is 17.9 Å². The monoisotopic (exact) mass is 275 g/mol. The summed E-state index contributed by atoms with van der Waals surface area (Å²) in [4.78, 5) is 12.3. The van der Waals surface area contributed by atoms with E-state index in [4.69, 9.17) is 0 Å². The van der Waals surface area contributed by atoms with Gasteiger partial charge in [-0.15, -0.1) is 0 Å². The largest absolute Gasteiger partial charge is 0.365 e. The number of carbonyl (C=O) groups excluding carboxylic acids is 1. The van der Waals surface area contributed by atoms with E-state index < -0.39 is 5.82 Å². The summed E-state index contributed by atoms with van der Waals surface area (Å²) in [6.07, 6.45) is 0.590. The quantitative estimate of drug-likeness (QED) is 0.787. The van der Waals surface area contributed by atoms with Gasteiger partial charge in [0.25, 0.3) is 0 Å². The van der Waals surface area contributed by atoms with Gasteiger partial charge in [0, 0.05) is 18.2 Å². The highest BCUT2D eigenvalue weighted by atomic mass is 19.1.